The molecule has 0 aromatic heterocycles. The summed E-state index contributed by atoms with van der Waals surface area (Å²) < 4.78 is 0.891. The lowest BCUT2D eigenvalue weighted by molar-refractivity contribution is -0.116. The Bertz CT molecular complexity index is 1230. The Morgan fingerprint density at radius 1 is 0.706 bits per heavy atom. The minimum atomic E-state index is -0.203. The molecule has 0 bridgehead atoms. The van der Waals surface area contributed by atoms with Crippen molar-refractivity contribution in [3.8, 4) is 0 Å². The number of carbonyl (C=O) groups excluding carboxylic acids is 2. The summed E-state index contributed by atoms with van der Waals surface area (Å²) in [4.78, 5) is 25.4. The maximum Gasteiger partial charge on any atom is 0.263 e. The zero-order chi connectivity index (χ0) is 24.5. The Morgan fingerprint density at radius 2 is 1.15 bits per heavy atom. The van der Waals surface area contributed by atoms with Crippen LogP contribution in [0.4, 0.5) is 0 Å². The van der Waals surface area contributed by atoms with Gasteiger partial charge in [0.15, 0.2) is 0 Å². The number of benzene rings is 2. The molecule has 2 aliphatic rings. The van der Waals surface area contributed by atoms with Gasteiger partial charge in [0.2, 0.25) is 0 Å². The number of rotatable bonds is 4. The summed E-state index contributed by atoms with van der Waals surface area (Å²) in [6.07, 6.45) is 7.69. The zero-order valence-electron chi connectivity index (χ0n) is 18.8. The van der Waals surface area contributed by atoms with E-state index in [1.54, 1.807) is 0 Å². The Labute approximate surface area is 218 Å². The lowest BCUT2D eigenvalue weighted by Gasteiger charge is -2.18. The largest absolute Gasteiger partial charge is 0.307 e. The molecule has 4 rings (SSSR count). The number of thioether (sulfide) groups is 2. The molecule has 2 heterocycles. The van der Waals surface area contributed by atoms with Gasteiger partial charge in [-0.25, -0.2) is 0 Å². The van der Waals surface area contributed by atoms with E-state index in [4.69, 9.17) is 24.4 Å². The molecule has 4 nitrogen and oxygen atoms in total. The van der Waals surface area contributed by atoms with Crippen LogP contribution in [0.5, 0.6) is 0 Å². The highest BCUT2D eigenvalue weighted by molar-refractivity contribution is 8.27. The van der Waals surface area contributed by atoms with Crippen LogP contribution < -0.4 is 10.6 Å². The first-order chi connectivity index (χ1) is 16.1. The van der Waals surface area contributed by atoms with Gasteiger partial charge in [0, 0.05) is 0 Å². The number of hydrogen-bond donors (Lipinski definition) is 2. The molecule has 0 aliphatic carbocycles. The quantitative estimate of drug-likeness (QED) is 0.286. The lowest BCUT2D eigenvalue weighted by Crippen LogP contribution is -2.17. The van der Waals surface area contributed by atoms with Gasteiger partial charge in [-0.05, 0) is 63.6 Å². The summed E-state index contributed by atoms with van der Waals surface area (Å²) in [5.74, 6) is -0.406. The molecule has 0 saturated carbocycles. The smallest absolute Gasteiger partial charge is 0.263 e. The predicted molar refractivity (Wildman–Crippen MR) is 153 cm³/mol. The van der Waals surface area contributed by atoms with Crippen LogP contribution in [-0.4, -0.2) is 20.5 Å². The summed E-state index contributed by atoms with van der Waals surface area (Å²) in [5.41, 5.74) is 5.09. The second-order valence-electron chi connectivity index (χ2n) is 8.84. The number of carbonyl (C=O) groups is 2. The van der Waals surface area contributed by atoms with Crippen LogP contribution in [0.15, 0.2) is 52.3 Å². The molecule has 2 amide bonds. The Hall–Kier alpha value is -2.52. The molecule has 34 heavy (non-hydrogen) atoms. The minimum absolute atomic E-state index is 0.103. The lowest BCUT2D eigenvalue weighted by atomic mass is 9.87. The average molecular weight is 523 g/mol. The highest BCUT2D eigenvalue weighted by Gasteiger charge is 2.23. The maximum atomic E-state index is 12.1. The second kappa shape index (κ2) is 10.00. The van der Waals surface area contributed by atoms with E-state index in [9.17, 15) is 9.59 Å². The van der Waals surface area contributed by atoms with E-state index in [1.807, 2.05) is 42.5 Å². The van der Waals surface area contributed by atoms with Crippen molar-refractivity contribution in [1.29, 1.82) is 0 Å². The van der Waals surface area contributed by atoms with Gasteiger partial charge in [-0.1, -0.05) is 105 Å². The van der Waals surface area contributed by atoms with Gasteiger partial charge in [-0.3, -0.25) is 9.59 Å². The van der Waals surface area contributed by atoms with E-state index in [0.29, 0.717) is 18.5 Å². The Morgan fingerprint density at radius 3 is 1.56 bits per heavy atom. The standard InChI is InChI=1S/C26H22N2O2S4/c1-26(2,3)19-8-6-15(7-9-19)4-5-16-10-17(13-20-22(29)27-24(31)33-20)12-18(11-16)14-21-23(30)28-25(32)34-21/h4-14H,1-3H3,(H,27,29,31)(H,28,30,32)/b5-4+,20-13-,21-14-. The summed E-state index contributed by atoms with van der Waals surface area (Å²) in [6, 6.07) is 14.4. The van der Waals surface area contributed by atoms with Gasteiger partial charge >= 0.3 is 0 Å². The van der Waals surface area contributed by atoms with Crippen molar-refractivity contribution in [2.75, 3.05) is 0 Å². The first-order valence-electron chi connectivity index (χ1n) is 10.5. The Kier molecular flexibility index (Phi) is 7.23. The third-order valence-corrected chi connectivity index (χ3v) is 7.45. The Balaban J connectivity index is 1.69. The van der Waals surface area contributed by atoms with Crippen LogP contribution in [-0.2, 0) is 15.0 Å². The monoisotopic (exact) mass is 522 g/mol. The van der Waals surface area contributed by atoms with Gasteiger partial charge in [-0.2, -0.15) is 0 Å². The molecule has 0 atom stereocenters. The minimum Gasteiger partial charge on any atom is -0.307 e. The predicted octanol–water partition coefficient (Wildman–Crippen LogP) is 6.13. The summed E-state index contributed by atoms with van der Waals surface area (Å²) in [7, 11) is 0. The van der Waals surface area contributed by atoms with Gasteiger partial charge in [0.25, 0.3) is 11.8 Å². The first-order valence-corrected chi connectivity index (χ1v) is 13.0. The molecule has 2 fully saturated rings. The van der Waals surface area contributed by atoms with Crippen molar-refractivity contribution < 1.29 is 9.59 Å². The highest BCUT2D eigenvalue weighted by Crippen LogP contribution is 2.30. The van der Waals surface area contributed by atoms with Gasteiger partial charge < -0.3 is 10.6 Å². The molecular weight excluding hydrogens is 501 g/mol. The van der Waals surface area contributed by atoms with E-state index in [0.717, 1.165) is 22.3 Å². The molecule has 2 N–H and O–H groups in total. The molecular formula is C26H22N2O2S4. The van der Waals surface area contributed by atoms with E-state index in [-0.39, 0.29) is 17.2 Å². The van der Waals surface area contributed by atoms with Crippen molar-refractivity contribution in [3.05, 3.63) is 80.1 Å². The number of thiocarbonyl (C=S) groups is 2. The first kappa shape index (κ1) is 24.6. The van der Waals surface area contributed by atoms with Crippen molar-refractivity contribution in [2.24, 2.45) is 0 Å². The fraction of sp³-hybridized carbons (Fsp3) is 0.154. The second-order valence-corrected chi connectivity index (χ2v) is 12.3. The maximum absolute atomic E-state index is 12.1. The fourth-order valence-corrected chi connectivity index (χ4v) is 5.49. The summed E-state index contributed by atoms with van der Waals surface area (Å²) >= 11 is 12.7. The molecule has 2 aliphatic heterocycles. The highest BCUT2D eigenvalue weighted by atomic mass is 32.2. The van der Waals surface area contributed by atoms with Crippen LogP contribution in [0.2, 0.25) is 0 Å². The fourth-order valence-electron chi connectivity index (χ4n) is 3.40. The van der Waals surface area contributed by atoms with Crippen LogP contribution in [0.25, 0.3) is 24.3 Å². The molecule has 0 spiro atoms. The topological polar surface area (TPSA) is 58.2 Å². The molecule has 172 valence electrons. The molecule has 2 aromatic rings. The van der Waals surface area contributed by atoms with Crippen molar-refractivity contribution >= 4 is 92.7 Å². The van der Waals surface area contributed by atoms with Crippen LogP contribution in [0.3, 0.4) is 0 Å². The molecule has 2 aromatic carbocycles. The molecule has 0 unspecified atom stereocenters. The summed E-state index contributed by atoms with van der Waals surface area (Å²) in [5, 5.41) is 5.28. The van der Waals surface area contributed by atoms with Gasteiger partial charge in [0.1, 0.15) is 8.64 Å². The SMILES string of the molecule is CC(C)(C)c1ccc(/C=C/c2cc(/C=C3\SC(=S)NC3=O)cc(/C=C3\SC(=S)NC3=O)c2)cc1. The van der Waals surface area contributed by atoms with Crippen LogP contribution in [0.1, 0.15) is 48.6 Å². The molecule has 2 saturated heterocycles. The zero-order valence-corrected chi connectivity index (χ0v) is 22.1. The normalized spacial score (nSPS) is 18.9. The summed E-state index contributed by atoms with van der Waals surface area (Å²) in [6.45, 7) is 6.58. The van der Waals surface area contributed by atoms with Gasteiger partial charge in [0.05, 0.1) is 9.81 Å². The van der Waals surface area contributed by atoms with Gasteiger partial charge in [-0.15, -0.1) is 0 Å². The van der Waals surface area contributed by atoms with Crippen LogP contribution >= 0.6 is 48.0 Å². The van der Waals surface area contributed by atoms with E-state index >= 15 is 0 Å². The third kappa shape index (κ3) is 6.13. The van der Waals surface area contributed by atoms with E-state index < -0.39 is 0 Å². The number of amides is 2. The molecule has 0 radical (unpaired) electrons. The van der Waals surface area contributed by atoms with Crippen molar-refractivity contribution in [1.82, 2.24) is 10.6 Å². The van der Waals surface area contributed by atoms with E-state index in [2.05, 4.69) is 55.7 Å². The van der Waals surface area contributed by atoms with Crippen LogP contribution in [0, 0.1) is 0 Å². The third-order valence-electron chi connectivity index (χ3n) is 5.12. The average Bonchev–Trinajstić information content (AvgIpc) is 3.24. The number of hydrogen-bond acceptors (Lipinski definition) is 6. The van der Waals surface area contributed by atoms with E-state index in [1.165, 1.54) is 29.1 Å². The number of nitrogens with one attached hydrogen (secondary N) is 2. The van der Waals surface area contributed by atoms with Crippen molar-refractivity contribution in [3.63, 3.8) is 0 Å². The van der Waals surface area contributed by atoms with Crippen molar-refractivity contribution in [2.45, 2.75) is 26.2 Å². The molecule has 8 heteroatoms.